The number of hydrogen-bond acceptors (Lipinski definition) is 1. The van der Waals surface area contributed by atoms with Gasteiger partial charge in [0.2, 0.25) is 0 Å². The largest absolute Gasteiger partial charge is 0.334 e. The molecule has 1 aliphatic carbocycles. The summed E-state index contributed by atoms with van der Waals surface area (Å²) in [5.74, 6) is -4.10. The normalized spacial score (nSPS) is 23.1. The van der Waals surface area contributed by atoms with Crippen LogP contribution in [0.25, 0.3) is 0 Å². The van der Waals surface area contributed by atoms with Gasteiger partial charge in [-0.1, -0.05) is 13.3 Å². The fourth-order valence-corrected chi connectivity index (χ4v) is 2.96. The van der Waals surface area contributed by atoms with Gasteiger partial charge in [-0.2, -0.15) is 0 Å². The summed E-state index contributed by atoms with van der Waals surface area (Å²) in [6, 6.07) is 1.77. The molecule has 3 atom stereocenters. The summed E-state index contributed by atoms with van der Waals surface area (Å²) in [5, 5.41) is 4.31. The van der Waals surface area contributed by atoms with Gasteiger partial charge in [-0.25, -0.2) is 13.2 Å². The highest BCUT2D eigenvalue weighted by Crippen LogP contribution is 2.22. The molecule has 1 fully saturated rings. The second-order valence-corrected chi connectivity index (χ2v) is 6.12. The number of carbonyl (C=O) groups excluding carboxylic acids is 1. The maximum Gasteiger partial charge on any atom is 0.282 e. The minimum atomic E-state index is -1.57. The van der Waals surface area contributed by atoms with Gasteiger partial charge in [0.05, 0.1) is 11.7 Å². The van der Waals surface area contributed by atoms with Crippen molar-refractivity contribution in [3.05, 3.63) is 29.6 Å². The molecule has 122 valence electrons. The van der Waals surface area contributed by atoms with Crippen LogP contribution >= 0.6 is 0 Å². The van der Waals surface area contributed by atoms with E-state index in [2.05, 4.69) is 12.2 Å². The molecule has 1 amide bonds. The van der Waals surface area contributed by atoms with Crippen LogP contribution in [0.2, 0.25) is 0 Å². The first kappa shape index (κ1) is 16.8. The number of benzene rings is 1. The fraction of sp³-hybridized carbons (Fsp3) is 0.562. The van der Waals surface area contributed by atoms with Gasteiger partial charge in [-0.3, -0.25) is 4.79 Å². The van der Waals surface area contributed by atoms with Crippen LogP contribution in [-0.4, -0.2) is 18.0 Å². The predicted molar refractivity (Wildman–Crippen MR) is 77.8 cm³/mol. The molecule has 1 aromatic carbocycles. The van der Waals surface area contributed by atoms with Gasteiger partial charge in [-0.05, 0) is 38.3 Å². The van der Waals surface area contributed by atoms with Gasteiger partial charge in [-0.15, -0.1) is 0 Å². The van der Waals surface area contributed by atoms with Crippen molar-refractivity contribution in [2.45, 2.75) is 51.6 Å². The molecule has 2 rings (SSSR count). The van der Waals surface area contributed by atoms with Crippen molar-refractivity contribution in [3.63, 3.8) is 0 Å². The highest BCUT2D eigenvalue weighted by atomic mass is 19.2. The molecule has 0 spiro atoms. The predicted octanol–water partition coefficient (Wildman–Crippen LogP) is 2.57. The molecule has 1 aromatic rings. The van der Waals surface area contributed by atoms with Crippen LogP contribution in [0.5, 0.6) is 0 Å². The lowest BCUT2D eigenvalue weighted by Crippen LogP contribution is -2.97. The van der Waals surface area contributed by atoms with Crippen molar-refractivity contribution < 1.29 is 23.3 Å². The number of amides is 1. The molecule has 6 heteroatoms. The van der Waals surface area contributed by atoms with E-state index in [1.165, 1.54) is 6.42 Å². The summed E-state index contributed by atoms with van der Waals surface area (Å²) in [6.07, 6.45) is 4.56. The maximum absolute atomic E-state index is 13.6. The Balaban J connectivity index is 1.98. The zero-order valence-electron chi connectivity index (χ0n) is 12.8. The number of halogens is 3. The molecule has 0 aliphatic heterocycles. The van der Waals surface area contributed by atoms with Crippen LogP contribution in [0.4, 0.5) is 18.9 Å². The molecule has 3 N–H and O–H groups in total. The van der Waals surface area contributed by atoms with Gasteiger partial charge in [0.25, 0.3) is 5.91 Å². The van der Waals surface area contributed by atoms with Gasteiger partial charge < -0.3 is 10.6 Å². The van der Waals surface area contributed by atoms with E-state index in [9.17, 15) is 18.0 Å². The summed E-state index contributed by atoms with van der Waals surface area (Å²) < 4.78 is 39.6. The van der Waals surface area contributed by atoms with E-state index in [4.69, 9.17) is 0 Å². The number of anilines is 1. The van der Waals surface area contributed by atoms with Crippen molar-refractivity contribution in [2.24, 2.45) is 5.92 Å². The number of carbonyl (C=O) groups is 1. The van der Waals surface area contributed by atoms with E-state index in [0.29, 0.717) is 12.0 Å². The molecular formula is C16H22F3N2O+. The highest BCUT2D eigenvalue weighted by Gasteiger charge is 2.29. The van der Waals surface area contributed by atoms with Gasteiger partial charge in [0, 0.05) is 5.92 Å². The Labute approximate surface area is 128 Å². The van der Waals surface area contributed by atoms with Crippen molar-refractivity contribution in [1.29, 1.82) is 0 Å². The van der Waals surface area contributed by atoms with E-state index >= 15 is 0 Å². The average molecular weight is 315 g/mol. The number of nitrogens with one attached hydrogen (secondary N) is 1. The third-order valence-corrected chi connectivity index (χ3v) is 4.42. The molecule has 22 heavy (non-hydrogen) atoms. The molecule has 0 unspecified atom stereocenters. The SMILES string of the molecule is C[C@H]([NH2+][C@H]1CCCC[C@H]1C)C(=O)Nc1ccc(F)c(F)c1F. The van der Waals surface area contributed by atoms with Crippen LogP contribution in [0.15, 0.2) is 12.1 Å². The lowest BCUT2D eigenvalue weighted by atomic mass is 9.85. The monoisotopic (exact) mass is 315 g/mol. The van der Waals surface area contributed by atoms with Crippen LogP contribution in [0, 0.1) is 23.4 Å². The summed E-state index contributed by atoms with van der Waals surface area (Å²) in [5.41, 5.74) is -0.333. The van der Waals surface area contributed by atoms with Gasteiger partial charge in [0.1, 0.15) is 0 Å². The first-order valence-corrected chi connectivity index (χ1v) is 7.69. The zero-order chi connectivity index (χ0) is 16.3. The molecule has 0 aromatic heterocycles. The minimum Gasteiger partial charge on any atom is -0.334 e. The maximum atomic E-state index is 13.6. The second kappa shape index (κ2) is 7.13. The van der Waals surface area contributed by atoms with Crippen molar-refractivity contribution >= 4 is 11.6 Å². The summed E-state index contributed by atoms with van der Waals surface area (Å²) >= 11 is 0. The smallest absolute Gasteiger partial charge is 0.282 e. The molecule has 0 saturated heterocycles. The summed E-state index contributed by atoms with van der Waals surface area (Å²) in [6.45, 7) is 3.90. The number of rotatable bonds is 4. The average Bonchev–Trinajstić information content (AvgIpc) is 2.50. The Morgan fingerprint density at radius 2 is 1.91 bits per heavy atom. The first-order valence-electron chi connectivity index (χ1n) is 7.69. The Morgan fingerprint density at radius 1 is 1.23 bits per heavy atom. The number of hydrogen-bond donors (Lipinski definition) is 2. The lowest BCUT2D eigenvalue weighted by molar-refractivity contribution is -0.714. The third-order valence-electron chi connectivity index (χ3n) is 4.42. The molecule has 1 aliphatic rings. The third kappa shape index (κ3) is 3.80. The quantitative estimate of drug-likeness (QED) is 0.824. The second-order valence-electron chi connectivity index (χ2n) is 6.12. The summed E-state index contributed by atoms with van der Waals surface area (Å²) in [4.78, 5) is 12.1. The van der Waals surface area contributed by atoms with E-state index in [-0.39, 0.29) is 5.69 Å². The van der Waals surface area contributed by atoms with Gasteiger partial charge >= 0.3 is 0 Å². The zero-order valence-corrected chi connectivity index (χ0v) is 12.8. The number of quaternary nitrogens is 1. The molecule has 3 nitrogen and oxygen atoms in total. The Bertz CT molecular complexity index is 550. The number of nitrogens with two attached hydrogens (primary N) is 1. The summed E-state index contributed by atoms with van der Waals surface area (Å²) in [7, 11) is 0. The van der Waals surface area contributed by atoms with Gasteiger partial charge in [0.15, 0.2) is 23.5 Å². The van der Waals surface area contributed by atoms with E-state index in [1.54, 1.807) is 6.92 Å². The molecule has 0 bridgehead atoms. The van der Waals surface area contributed by atoms with Crippen molar-refractivity contribution in [2.75, 3.05) is 5.32 Å². The van der Waals surface area contributed by atoms with Crippen LogP contribution < -0.4 is 10.6 Å². The molecule has 0 radical (unpaired) electrons. The highest BCUT2D eigenvalue weighted by molar-refractivity contribution is 5.93. The van der Waals surface area contributed by atoms with Crippen molar-refractivity contribution in [1.82, 2.24) is 0 Å². The standard InChI is InChI=1S/C16H21F3N2O/c1-9-5-3-4-6-12(9)20-10(2)16(22)21-13-8-7-11(17)14(18)15(13)19/h7-10,12,20H,3-6H2,1-2H3,(H,21,22)/p+1/t9-,10+,12+/m1/s1. The molecular weight excluding hydrogens is 293 g/mol. The Kier molecular flexibility index (Phi) is 5.45. The van der Waals surface area contributed by atoms with Crippen LogP contribution in [-0.2, 0) is 4.79 Å². The van der Waals surface area contributed by atoms with Crippen LogP contribution in [0.1, 0.15) is 39.5 Å². The Hall–Kier alpha value is -1.56. The Morgan fingerprint density at radius 3 is 2.59 bits per heavy atom. The topological polar surface area (TPSA) is 45.7 Å². The first-order chi connectivity index (χ1) is 10.4. The molecule has 1 saturated carbocycles. The van der Waals surface area contributed by atoms with Crippen molar-refractivity contribution in [3.8, 4) is 0 Å². The van der Waals surface area contributed by atoms with E-state index in [0.717, 1.165) is 31.4 Å². The fourth-order valence-electron chi connectivity index (χ4n) is 2.96. The van der Waals surface area contributed by atoms with E-state index < -0.39 is 29.4 Å². The van der Waals surface area contributed by atoms with E-state index in [1.807, 2.05) is 5.32 Å². The minimum absolute atomic E-state index is 0.333. The lowest BCUT2D eigenvalue weighted by Gasteiger charge is -2.28. The van der Waals surface area contributed by atoms with Crippen LogP contribution in [0.3, 0.4) is 0 Å². The molecule has 0 heterocycles.